The van der Waals surface area contributed by atoms with E-state index in [-0.39, 0.29) is 11.9 Å². The van der Waals surface area contributed by atoms with E-state index < -0.39 is 14.2 Å². The minimum Gasteiger partial charge on any atom is -0.465 e. The molecule has 2 amide bonds. The van der Waals surface area contributed by atoms with E-state index in [2.05, 4.69) is 55.7 Å². The van der Waals surface area contributed by atoms with Gasteiger partial charge in [0.05, 0.1) is 11.1 Å². The largest absolute Gasteiger partial charge is 0.465 e. The van der Waals surface area contributed by atoms with Gasteiger partial charge in [-0.1, -0.05) is 31.8 Å². The minimum absolute atomic E-state index is 0.0905. The van der Waals surface area contributed by atoms with Crippen LogP contribution in [0.4, 0.5) is 16.3 Å². The number of nitrogens with one attached hydrogen (secondary N) is 2. The number of hydrogen-bond donors (Lipinski definition) is 3. The molecule has 2 aliphatic rings. The molecule has 0 unspecified atom stereocenters. The summed E-state index contributed by atoms with van der Waals surface area (Å²) < 4.78 is 8.38. The molecule has 6 rings (SSSR count). The lowest BCUT2D eigenvalue weighted by atomic mass is 10.0. The van der Waals surface area contributed by atoms with Crippen LogP contribution in [0.25, 0.3) is 22.3 Å². The summed E-state index contributed by atoms with van der Waals surface area (Å²) in [5.41, 5.74) is 4.80. The Hall–Kier alpha value is -4.33. The molecule has 49 heavy (non-hydrogen) atoms. The van der Waals surface area contributed by atoms with Gasteiger partial charge in [-0.2, -0.15) is 0 Å². The van der Waals surface area contributed by atoms with Crippen molar-refractivity contribution in [1.29, 1.82) is 0 Å². The molecule has 3 N–H and O–H groups in total. The zero-order chi connectivity index (χ0) is 34.4. The highest BCUT2D eigenvalue weighted by Crippen LogP contribution is 2.33. The number of pyridine rings is 1. The van der Waals surface area contributed by atoms with Gasteiger partial charge in [-0.05, 0) is 86.2 Å². The third-order valence-electron chi connectivity index (χ3n) is 9.28. The van der Waals surface area contributed by atoms with Crippen molar-refractivity contribution >= 4 is 42.6 Å². The zero-order valence-electron chi connectivity index (χ0n) is 28.8. The molecular weight excluding hydrogens is 637 g/mol. The Morgan fingerprint density at radius 2 is 1.78 bits per heavy atom. The summed E-state index contributed by atoms with van der Waals surface area (Å²) in [4.78, 5) is 42.7. The van der Waals surface area contributed by atoms with E-state index in [4.69, 9.17) is 19.8 Å². The van der Waals surface area contributed by atoms with E-state index in [1.165, 1.54) is 6.42 Å². The predicted octanol–water partition coefficient (Wildman–Crippen LogP) is 6.28. The molecule has 2 aliphatic heterocycles. The van der Waals surface area contributed by atoms with Crippen LogP contribution in [0.5, 0.6) is 0 Å². The quantitative estimate of drug-likeness (QED) is 0.116. The van der Waals surface area contributed by atoms with Gasteiger partial charge in [0, 0.05) is 58.8 Å². The number of rotatable bonds is 12. The number of carboxylic acid groups (broad SMARTS) is 1. The maximum absolute atomic E-state index is 13.3. The molecule has 0 bridgehead atoms. The topological polar surface area (TPSA) is 138 Å². The first kappa shape index (κ1) is 34.5. The molecule has 2 fully saturated rings. The third-order valence-corrected chi connectivity index (χ3v) is 11.0. The second-order valence-corrected chi connectivity index (χ2v) is 20.0. The number of carbonyl (C=O) groups is 2. The Morgan fingerprint density at radius 1 is 0.980 bits per heavy atom. The predicted molar refractivity (Wildman–Crippen MR) is 195 cm³/mol. The summed E-state index contributed by atoms with van der Waals surface area (Å²) in [7, 11) is -1.24. The molecule has 0 aliphatic carbocycles. The molecule has 3 aromatic heterocycles. The Kier molecular flexibility index (Phi) is 10.9. The maximum atomic E-state index is 13.3. The Labute approximate surface area is 288 Å². The number of hydrogen-bond acceptors (Lipinski definition) is 8. The maximum Gasteiger partial charge on any atom is 0.404 e. The smallest absolute Gasteiger partial charge is 0.404 e. The third kappa shape index (κ3) is 9.02. The molecule has 13 heteroatoms. The number of amides is 2. The molecule has 5 heterocycles. The highest BCUT2D eigenvalue weighted by atomic mass is 28.3. The first-order valence-corrected chi connectivity index (χ1v) is 21.1. The fraction of sp³-hybridized carbons (Fsp3) is 0.472. The van der Waals surface area contributed by atoms with Gasteiger partial charge in [0.2, 0.25) is 0 Å². The fourth-order valence-electron chi connectivity index (χ4n) is 6.68. The molecule has 1 atom stereocenters. The number of nitrogens with zero attached hydrogens (tertiary/aromatic N) is 6. The van der Waals surface area contributed by atoms with Crippen LogP contribution in [0, 0.1) is 0 Å². The van der Waals surface area contributed by atoms with Crippen LogP contribution >= 0.6 is 0 Å². The van der Waals surface area contributed by atoms with Gasteiger partial charge in [0.15, 0.2) is 0 Å². The first-order chi connectivity index (χ1) is 23.6. The first-order valence-electron chi connectivity index (χ1n) is 17.4. The number of piperidine rings is 2. The van der Waals surface area contributed by atoms with Crippen molar-refractivity contribution in [2.45, 2.75) is 77.1 Å². The van der Waals surface area contributed by atoms with Gasteiger partial charge in [0.25, 0.3) is 5.91 Å². The fourth-order valence-corrected chi connectivity index (χ4v) is 7.43. The summed E-state index contributed by atoms with van der Waals surface area (Å²) in [6.45, 7) is 12.3. The van der Waals surface area contributed by atoms with Crippen molar-refractivity contribution in [1.82, 2.24) is 29.7 Å². The van der Waals surface area contributed by atoms with Crippen LogP contribution < -0.4 is 15.5 Å². The highest BCUT2D eigenvalue weighted by Gasteiger charge is 2.23. The minimum atomic E-state index is -1.24. The Morgan fingerprint density at radius 3 is 2.53 bits per heavy atom. The number of anilines is 2. The van der Waals surface area contributed by atoms with Crippen molar-refractivity contribution < 1.29 is 19.4 Å². The normalized spacial score (nSPS) is 17.3. The lowest BCUT2D eigenvalue weighted by molar-refractivity contribution is 0.0909. The molecule has 12 nitrogen and oxygen atoms in total. The second-order valence-electron chi connectivity index (χ2n) is 14.4. The number of benzene rings is 1. The molecule has 0 spiro atoms. The summed E-state index contributed by atoms with van der Waals surface area (Å²) in [6.07, 6.45) is 7.63. The summed E-state index contributed by atoms with van der Waals surface area (Å²) in [5, 5.41) is 15.7. The van der Waals surface area contributed by atoms with Crippen molar-refractivity contribution in [2.75, 3.05) is 43.0 Å². The summed E-state index contributed by atoms with van der Waals surface area (Å²) in [5.74, 6) is 0.687. The van der Waals surface area contributed by atoms with Crippen LogP contribution in [0.3, 0.4) is 0 Å². The van der Waals surface area contributed by atoms with E-state index in [9.17, 15) is 9.59 Å². The summed E-state index contributed by atoms with van der Waals surface area (Å²) >= 11 is 0. The molecule has 2 saturated heterocycles. The number of ether oxygens (including phenoxy) is 1. The van der Waals surface area contributed by atoms with Gasteiger partial charge in [0.1, 0.15) is 30.2 Å². The molecule has 1 aromatic carbocycles. The number of fused-ring (bicyclic) bond motifs is 1. The average Bonchev–Trinajstić information content (AvgIpc) is 3.45. The van der Waals surface area contributed by atoms with Crippen LogP contribution in [0.15, 0.2) is 55.0 Å². The van der Waals surface area contributed by atoms with Crippen molar-refractivity contribution in [2.24, 2.45) is 0 Å². The van der Waals surface area contributed by atoms with Gasteiger partial charge in [-0.15, -0.1) is 0 Å². The van der Waals surface area contributed by atoms with Crippen molar-refractivity contribution in [3.63, 3.8) is 0 Å². The zero-order valence-corrected chi connectivity index (χ0v) is 29.8. The van der Waals surface area contributed by atoms with Crippen LogP contribution in [-0.4, -0.2) is 88.4 Å². The lowest BCUT2D eigenvalue weighted by Crippen LogP contribution is -2.46. The molecular formula is C36H48N8O4Si. The Bertz CT molecular complexity index is 1750. The van der Waals surface area contributed by atoms with E-state index >= 15 is 0 Å². The molecule has 0 saturated carbocycles. The van der Waals surface area contributed by atoms with Crippen LogP contribution in [0.1, 0.15) is 48.2 Å². The van der Waals surface area contributed by atoms with Gasteiger partial charge >= 0.3 is 6.09 Å². The van der Waals surface area contributed by atoms with Gasteiger partial charge in [-0.25, -0.2) is 14.8 Å². The lowest BCUT2D eigenvalue weighted by Gasteiger charge is -2.32. The Balaban J connectivity index is 1.17. The van der Waals surface area contributed by atoms with Crippen LogP contribution in [-0.2, 0) is 18.0 Å². The molecule has 0 radical (unpaired) electrons. The monoisotopic (exact) mass is 684 g/mol. The second kappa shape index (κ2) is 15.5. The highest BCUT2D eigenvalue weighted by molar-refractivity contribution is 6.76. The van der Waals surface area contributed by atoms with E-state index in [1.807, 2.05) is 30.3 Å². The van der Waals surface area contributed by atoms with E-state index in [1.54, 1.807) is 18.6 Å². The standard InChI is InChI=1S/C36H48N8O4Si/c1-49(2,3)19-18-48-25-44-32(21-30-33(38-24-39-34(30)44)43-16-5-4-6-17-43)27-9-11-28(12-10-27)40-35(45)31-20-26(13-14-37-31)22-42-15-7-8-29(23-42)41-36(46)47/h9-14,20-21,24,29,41H,4-8,15-19,22-23,25H2,1-3H3,(H,40,45)(H,46,47)/t29-/m1/s1. The SMILES string of the molecule is C[Si](C)(C)CCOCn1c(-c2ccc(NC(=O)c3cc(CN4CCC[C@@H](NC(=O)O)C4)ccn3)cc2)cc2c(N3CCCCC3)ncnc21. The molecule has 260 valence electrons. The summed E-state index contributed by atoms with van der Waals surface area (Å²) in [6, 6.07) is 14.7. The van der Waals surface area contributed by atoms with Crippen molar-refractivity contribution in [3.8, 4) is 11.3 Å². The number of likely N-dealkylation sites (tertiary alicyclic amines) is 1. The van der Waals surface area contributed by atoms with E-state index in [0.717, 1.165) is 85.0 Å². The van der Waals surface area contributed by atoms with Crippen molar-refractivity contribution in [3.05, 3.63) is 66.2 Å². The number of carbonyl (C=O) groups excluding carboxylic acids is 1. The van der Waals surface area contributed by atoms with E-state index in [0.29, 0.717) is 37.8 Å². The molecule has 4 aromatic rings. The van der Waals surface area contributed by atoms with Gasteiger partial charge < -0.3 is 29.9 Å². The average molecular weight is 685 g/mol. The van der Waals surface area contributed by atoms with Gasteiger partial charge in [-0.3, -0.25) is 14.7 Å². The van der Waals surface area contributed by atoms with Crippen LogP contribution in [0.2, 0.25) is 25.7 Å². The number of aromatic nitrogens is 4.